The van der Waals surface area contributed by atoms with Crippen LogP contribution in [0.25, 0.3) is 0 Å². The first-order valence-corrected chi connectivity index (χ1v) is 8.74. The van der Waals surface area contributed by atoms with Crippen molar-refractivity contribution in [3.05, 3.63) is 93.5 Å². The fourth-order valence-corrected chi connectivity index (χ4v) is 3.15. The maximum atomic E-state index is 13.3. The number of anilines is 1. The fraction of sp³-hybridized carbons (Fsp3) is 0.0952. The third-order valence-corrected chi connectivity index (χ3v) is 4.50. The van der Waals surface area contributed by atoms with E-state index < -0.39 is 11.0 Å². The van der Waals surface area contributed by atoms with Gasteiger partial charge in [-0.2, -0.15) is 5.26 Å². The SMILES string of the molecule is N#Cc1cccc(CN2C(=O)C(c3ccccc3)Oc3ccc([N+](=O)[O-])nc32)c1. The van der Waals surface area contributed by atoms with Crippen LogP contribution in [0, 0.1) is 21.4 Å². The first-order valence-electron chi connectivity index (χ1n) is 8.74. The summed E-state index contributed by atoms with van der Waals surface area (Å²) in [6, 6.07) is 20.6. The molecule has 3 aromatic rings. The predicted molar refractivity (Wildman–Crippen MR) is 103 cm³/mol. The summed E-state index contributed by atoms with van der Waals surface area (Å²) in [5.41, 5.74) is 1.82. The molecule has 1 unspecified atom stereocenters. The summed E-state index contributed by atoms with van der Waals surface area (Å²) in [7, 11) is 0. The molecule has 0 aliphatic carbocycles. The van der Waals surface area contributed by atoms with Crippen molar-refractivity contribution in [2.75, 3.05) is 4.90 Å². The molecule has 0 bridgehead atoms. The molecular formula is C21H14N4O4. The van der Waals surface area contributed by atoms with Crippen LogP contribution in [0.3, 0.4) is 0 Å². The number of carbonyl (C=O) groups is 1. The number of hydrogen-bond donors (Lipinski definition) is 0. The van der Waals surface area contributed by atoms with E-state index in [0.29, 0.717) is 16.7 Å². The lowest BCUT2D eigenvalue weighted by atomic mass is 10.1. The number of benzene rings is 2. The van der Waals surface area contributed by atoms with E-state index >= 15 is 0 Å². The Labute approximate surface area is 165 Å². The minimum Gasteiger partial charge on any atom is -0.469 e. The smallest absolute Gasteiger partial charge is 0.366 e. The number of carbonyl (C=O) groups excluding carboxylic acids is 1. The zero-order chi connectivity index (χ0) is 20.4. The van der Waals surface area contributed by atoms with Gasteiger partial charge in [-0.05, 0) is 33.7 Å². The van der Waals surface area contributed by atoms with Crippen LogP contribution in [0.1, 0.15) is 22.8 Å². The van der Waals surface area contributed by atoms with Gasteiger partial charge in [0.2, 0.25) is 6.10 Å². The minimum atomic E-state index is -0.897. The van der Waals surface area contributed by atoms with Gasteiger partial charge < -0.3 is 14.9 Å². The van der Waals surface area contributed by atoms with Gasteiger partial charge in [0, 0.05) is 11.6 Å². The molecule has 2 heterocycles. The molecule has 29 heavy (non-hydrogen) atoms. The molecule has 1 amide bonds. The molecule has 1 aliphatic rings. The highest BCUT2D eigenvalue weighted by atomic mass is 16.6. The van der Waals surface area contributed by atoms with Crippen molar-refractivity contribution >= 4 is 17.5 Å². The lowest BCUT2D eigenvalue weighted by Gasteiger charge is -2.31. The van der Waals surface area contributed by atoms with Gasteiger partial charge in [-0.1, -0.05) is 42.5 Å². The molecule has 1 aliphatic heterocycles. The molecule has 4 rings (SSSR count). The average Bonchev–Trinajstić information content (AvgIpc) is 2.76. The number of nitrogens with zero attached hydrogens (tertiary/aromatic N) is 4. The molecule has 1 atom stereocenters. The second-order valence-electron chi connectivity index (χ2n) is 6.39. The number of hydrogen-bond acceptors (Lipinski definition) is 6. The summed E-state index contributed by atoms with van der Waals surface area (Å²) < 4.78 is 5.85. The van der Waals surface area contributed by atoms with E-state index in [-0.39, 0.29) is 29.8 Å². The van der Waals surface area contributed by atoms with E-state index in [1.54, 1.807) is 48.5 Å². The average molecular weight is 386 g/mol. The first kappa shape index (κ1) is 18.1. The molecule has 2 aromatic carbocycles. The van der Waals surface area contributed by atoms with E-state index in [4.69, 9.17) is 10.00 Å². The van der Waals surface area contributed by atoms with Gasteiger partial charge >= 0.3 is 5.82 Å². The Morgan fingerprint density at radius 3 is 2.66 bits per heavy atom. The zero-order valence-electron chi connectivity index (χ0n) is 15.1. The second kappa shape index (κ2) is 7.40. The van der Waals surface area contributed by atoms with E-state index in [0.717, 1.165) is 0 Å². The highest BCUT2D eigenvalue weighted by Gasteiger charge is 2.39. The van der Waals surface area contributed by atoms with Crippen LogP contribution in [0.15, 0.2) is 66.7 Å². The van der Waals surface area contributed by atoms with Crippen molar-refractivity contribution in [1.82, 2.24) is 4.98 Å². The summed E-state index contributed by atoms with van der Waals surface area (Å²) in [6.07, 6.45) is -0.897. The van der Waals surface area contributed by atoms with Crippen LogP contribution >= 0.6 is 0 Å². The number of ether oxygens (including phenoxy) is 1. The number of aromatic nitrogens is 1. The Balaban J connectivity index is 1.79. The van der Waals surface area contributed by atoms with Crippen LogP contribution in [-0.2, 0) is 11.3 Å². The molecule has 8 heteroatoms. The maximum absolute atomic E-state index is 13.3. The lowest BCUT2D eigenvalue weighted by molar-refractivity contribution is -0.389. The Hall–Kier alpha value is -4.25. The summed E-state index contributed by atoms with van der Waals surface area (Å²) in [5, 5.41) is 20.3. The molecule has 0 saturated heterocycles. The maximum Gasteiger partial charge on any atom is 0.366 e. The molecular weight excluding hydrogens is 372 g/mol. The van der Waals surface area contributed by atoms with Gasteiger partial charge in [0.1, 0.15) is 0 Å². The Bertz CT molecular complexity index is 1140. The fourth-order valence-electron chi connectivity index (χ4n) is 3.15. The van der Waals surface area contributed by atoms with Gasteiger partial charge in [-0.15, -0.1) is 0 Å². The van der Waals surface area contributed by atoms with Crippen LogP contribution in [-0.4, -0.2) is 15.8 Å². The summed E-state index contributed by atoms with van der Waals surface area (Å²) in [5.74, 6) is -0.410. The second-order valence-corrected chi connectivity index (χ2v) is 6.39. The molecule has 142 valence electrons. The highest BCUT2D eigenvalue weighted by molar-refractivity contribution is 5.99. The number of nitriles is 1. The van der Waals surface area contributed by atoms with Gasteiger partial charge in [-0.25, -0.2) is 0 Å². The van der Waals surface area contributed by atoms with Crippen molar-refractivity contribution in [2.45, 2.75) is 12.6 Å². The normalized spacial score (nSPS) is 15.2. The van der Waals surface area contributed by atoms with Crippen molar-refractivity contribution in [3.63, 3.8) is 0 Å². The minimum absolute atomic E-state index is 0.0822. The van der Waals surface area contributed by atoms with Gasteiger partial charge in [-0.3, -0.25) is 9.69 Å². The number of fused-ring (bicyclic) bond motifs is 1. The summed E-state index contributed by atoms with van der Waals surface area (Å²) >= 11 is 0. The molecule has 0 spiro atoms. The number of nitro groups is 1. The molecule has 0 saturated carbocycles. The monoisotopic (exact) mass is 386 g/mol. The zero-order valence-corrected chi connectivity index (χ0v) is 15.1. The van der Waals surface area contributed by atoms with Crippen LogP contribution in [0.2, 0.25) is 0 Å². The third kappa shape index (κ3) is 3.49. The molecule has 1 aromatic heterocycles. The Kier molecular flexibility index (Phi) is 4.63. The third-order valence-electron chi connectivity index (χ3n) is 4.50. The summed E-state index contributed by atoms with van der Waals surface area (Å²) in [6.45, 7) is 0.0994. The first-order chi connectivity index (χ1) is 14.1. The van der Waals surface area contributed by atoms with Crippen molar-refractivity contribution in [1.29, 1.82) is 5.26 Å². The summed E-state index contributed by atoms with van der Waals surface area (Å²) in [4.78, 5) is 29.2. The van der Waals surface area contributed by atoms with Crippen molar-refractivity contribution in [2.24, 2.45) is 0 Å². The lowest BCUT2D eigenvalue weighted by Crippen LogP contribution is -2.41. The molecule has 8 nitrogen and oxygen atoms in total. The predicted octanol–water partition coefficient (Wildman–Crippen LogP) is 3.53. The molecule has 0 radical (unpaired) electrons. The highest BCUT2D eigenvalue weighted by Crippen LogP contribution is 2.39. The van der Waals surface area contributed by atoms with E-state index in [2.05, 4.69) is 11.1 Å². The van der Waals surface area contributed by atoms with Gasteiger partial charge in [0.15, 0.2) is 5.75 Å². The van der Waals surface area contributed by atoms with E-state index in [1.165, 1.54) is 17.0 Å². The van der Waals surface area contributed by atoms with Crippen molar-refractivity contribution in [3.8, 4) is 11.8 Å². The van der Waals surface area contributed by atoms with E-state index in [9.17, 15) is 14.9 Å². The number of rotatable bonds is 4. The Morgan fingerprint density at radius 1 is 1.14 bits per heavy atom. The van der Waals surface area contributed by atoms with Crippen LogP contribution in [0.5, 0.6) is 5.75 Å². The van der Waals surface area contributed by atoms with Crippen LogP contribution in [0.4, 0.5) is 11.6 Å². The van der Waals surface area contributed by atoms with Crippen molar-refractivity contribution < 1.29 is 14.5 Å². The number of pyridine rings is 1. The quantitative estimate of drug-likeness (QED) is 0.501. The molecule has 0 fully saturated rings. The molecule has 0 N–H and O–H groups in total. The number of amides is 1. The standard InChI is InChI=1S/C21H14N4O4/c22-12-14-5-4-6-15(11-14)13-24-20-17(9-10-18(23-20)25(27)28)29-19(21(24)26)16-7-2-1-3-8-16/h1-11,19H,13H2. The van der Waals surface area contributed by atoms with Gasteiger partial charge in [0.25, 0.3) is 11.7 Å². The Morgan fingerprint density at radius 2 is 1.93 bits per heavy atom. The van der Waals surface area contributed by atoms with E-state index in [1.807, 2.05) is 6.07 Å². The topological polar surface area (TPSA) is 109 Å². The largest absolute Gasteiger partial charge is 0.469 e. The van der Waals surface area contributed by atoms with Gasteiger partial charge in [0.05, 0.1) is 18.2 Å². The van der Waals surface area contributed by atoms with Crippen LogP contribution < -0.4 is 9.64 Å².